The van der Waals surface area contributed by atoms with Crippen LogP contribution in [0, 0.1) is 0 Å². The molecule has 0 aromatic heterocycles. The zero-order valence-corrected chi connectivity index (χ0v) is 15.9. The Balaban J connectivity index is 2.05. The van der Waals surface area contributed by atoms with Crippen LogP contribution in [0.25, 0.3) is 0 Å². The van der Waals surface area contributed by atoms with E-state index in [1.165, 1.54) is 0 Å². The van der Waals surface area contributed by atoms with Crippen LogP contribution in [0.1, 0.15) is 5.56 Å². The van der Waals surface area contributed by atoms with E-state index in [9.17, 15) is 9.59 Å². The monoisotopic (exact) mass is 392 g/mol. The number of hydrogen-bond acceptors (Lipinski definition) is 7. The van der Waals surface area contributed by atoms with E-state index in [0.29, 0.717) is 45.8 Å². The summed E-state index contributed by atoms with van der Waals surface area (Å²) < 4.78 is 0. The van der Waals surface area contributed by atoms with Crippen LogP contribution >= 0.6 is 12.2 Å². The summed E-state index contributed by atoms with van der Waals surface area (Å²) in [7, 11) is 0. The summed E-state index contributed by atoms with van der Waals surface area (Å²) in [5.41, 5.74) is 1.85. The summed E-state index contributed by atoms with van der Waals surface area (Å²) in [6.07, 6.45) is 0. The molecular weight excluding hydrogens is 368 g/mol. The molecule has 9 heteroatoms. The molecule has 1 aliphatic heterocycles. The third kappa shape index (κ3) is 7.94. The van der Waals surface area contributed by atoms with E-state index in [2.05, 4.69) is 27.3 Å². The van der Waals surface area contributed by atoms with E-state index in [-0.39, 0.29) is 13.1 Å². The molecule has 0 aliphatic carbocycles. The lowest BCUT2D eigenvalue weighted by molar-refractivity contribution is -0.140. The first-order valence-corrected chi connectivity index (χ1v) is 9.14. The lowest BCUT2D eigenvalue weighted by Crippen LogP contribution is -2.40. The topological polar surface area (TPSA) is 96.7 Å². The van der Waals surface area contributed by atoms with E-state index in [1.807, 2.05) is 34.1 Å². The second kappa shape index (κ2) is 10.9. The second-order valence-electron chi connectivity index (χ2n) is 6.49. The highest BCUT2D eigenvalue weighted by atomic mass is 32.1. The number of isothiocyanates is 1. The van der Waals surface area contributed by atoms with Gasteiger partial charge in [0.1, 0.15) is 0 Å². The molecule has 8 nitrogen and oxygen atoms in total. The second-order valence-corrected chi connectivity index (χ2v) is 6.67. The zero-order chi connectivity index (χ0) is 19.6. The van der Waals surface area contributed by atoms with Gasteiger partial charge in [0.25, 0.3) is 0 Å². The van der Waals surface area contributed by atoms with Crippen LogP contribution in [0.4, 0.5) is 5.69 Å². The van der Waals surface area contributed by atoms with Crippen molar-refractivity contribution in [2.24, 2.45) is 4.99 Å². The molecule has 1 aliphatic rings. The van der Waals surface area contributed by atoms with Gasteiger partial charge < -0.3 is 10.2 Å². The molecule has 27 heavy (non-hydrogen) atoms. The molecule has 1 fully saturated rings. The Morgan fingerprint density at radius 3 is 1.74 bits per heavy atom. The van der Waals surface area contributed by atoms with Crippen molar-refractivity contribution >= 4 is 35.0 Å². The third-order valence-electron chi connectivity index (χ3n) is 4.43. The fraction of sp³-hybridized carbons (Fsp3) is 0.500. The smallest absolute Gasteiger partial charge is 0.317 e. The summed E-state index contributed by atoms with van der Waals surface area (Å²) in [5.74, 6) is -1.75. The standard InChI is InChI=1S/C18H24N4O4S/c23-17(24)12-21-7-5-20(6-8-22(10-9-21)13-18(25)26)11-15-1-3-16(4-2-15)19-14-27/h1-4H,5-13H2,(H,23,24)(H,25,26). The highest BCUT2D eigenvalue weighted by molar-refractivity contribution is 7.78. The van der Waals surface area contributed by atoms with E-state index < -0.39 is 11.9 Å². The van der Waals surface area contributed by atoms with Crippen molar-refractivity contribution in [2.75, 3.05) is 52.4 Å². The Hall–Kier alpha value is -2.16. The van der Waals surface area contributed by atoms with Crippen LogP contribution in [0.15, 0.2) is 29.3 Å². The molecular formula is C18H24N4O4S. The van der Waals surface area contributed by atoms with Crippen LogP contribution in [-0.2, 0) is 16.1 Å². The number of rotatable bonds is 7. The van der Waals surface area contributed by atoms with Gasteiger partial charge in [0.05, 0.1) is 23.9 Å². The number of carboxylic acid groups (broad SMARTS) is 2. The molecule has 1 saturated heterocycles. The van der Waals surface area contributed by atoms with Crippen molar-refractivity contribution in [3.63, 3.8) is 0 Å². The molecule has 0 spiro atoms. The first-order valence-electron chi connectivity index (χ1n) is 8.73. The van der Waals surface area contributed by atoms with Gasteiger partial charge in [-0.2, -0.15) is 4.99 Å². The van der Waals surface area contributed by atoms with Gasteiger partial charge in [-0.1, -0.05) is 12.1 Å². The predicted molar refractivity (Wildman–Crippen MR) is 105 cm³/mol. The third-order valence-corrected chi connectivity index (χ3v) is 4.52. The average molecular weight is 392 g/mol. The first-order chi connectivity index (χ1) is 13.0. The summed E-state index contributed by atoms with van der Waals surface area (Å²) in [6.45, 7) is 4.37. The minimum atomic E-state index is -0.875. The van der Waals surface area contributed by atoms with Crippen molar-refractivity contribution in [1.29, 1.82) is 0 Å². The molecule has 0 saturated carbocycles. The molecule has 1 heterocycles. The summed E-state index contributed by atoms with van der Waals surface area (Å²) in [5, 5.41) is 20.5. The highest BCUT2D eigenvalue weighted by Crippen LogP contribution is 2.14. The number of aliphatic imine (C=N–C) groups is 1. The number of aliphatic carboxylic acids is 2. The van der Waals surface area contributed by atoms with Crippen LogP contribution < -0.4 is 0 Å². The van der Waals surface area contributed by atoms with Crippen LogP contribution in [0.2, 0.25) is 0 Å². The number of nitrogens with zero attached hydrogens (tertiary/aromatic N) is 4. The fourth-order valence-electron chi connectivity index (χ4n) is 3.03. The number of carboxylic acids is 2. The first kappa shape index (κ1) is 21.1. The maximum Gasteiger partial charge on any atom is 0.317 e. The van der Waals surface area contributed by atoms with Crippen molar-refractivity contribution in [3.8, 4) is 0 Å². The molecule has 2 N–H and O–H groups in total. The highest BCUT2D eigenvalue weighted by Gasteiger charge is 2.19. The van der Waals surface area contributed by atoms with Crippen molar-refractivity contribution in [1.82, 2.24) is 14.7 Å². The van der Waals surface area contributed by atoms with Gasteiger partial charge in [0, 0.05) is 45.8 Å². The Morgan fingerprint density at radius 1 is 0.889 bits per heavy atom. The molecule has 0 bridgehead atoms. The minimum Gasteiger partial charge on any atom is -0.480 e. The van der Waals surface area contributed by atoms with Crippen LogP contribution in [0.3, 0.4) is 0 Å². The average Bonchev–Trinajstić information content (AvgIpc) is 2.69. The normalized spacial score (nSPS) is 17.3. The van der Waals surface area contributed by atoms with Crippen molar-refractivity contribution < 1.29 is 19.8 Å². The molecule has 146 valence electrons. The van der Waals surface area contributed by atoms with Gasteiger partial charge in [-0.25, -0.2) is 0 Å². The number of thiocarbonyl (C=S) groups is 1. The maximum absolute atomic E-state index is 11.1. The number of carbonyl (C=O) groups is 2. The van der Waals surface area contributed by atoms with Crippen LogP contribution in [-0.4, -0.2) is 94.4 Å². The molecule has 1 aromatic rings. The molecule has 0 amide bonds. The predicted octanol–water partition coefficient (Wildman–Crippen LogP) is 1.01. The minimum absolute atomic E-state index is 0.0426. The zero-order valence-electron chi connectivity index (χ0n) is 15.1. The van der Waals surface area contributed by atoms with Crippen LogP contribution in [0.5, 0.6) is 0 Å². The number of benzene rings is 1. The van der Waals surface area contributed by atoms with E-state index in [1.54, 1.807) is 0 Å². The van der Waals surface area contributed by atoms with Gasteiger partial charge in [0.15, 0.2) is 0 Å². The van der Waals surface area contributed by atoms with E-state index >= 15 is 0 Å². The molecule has 0 atom stereocenters. The van der Waals surface area contributed by atoms with Gasteiger partial charge in [-0.3, -0.25) is 24.3 Å². The van der Waals surface area contributed by atoms with Crippen molar-refractivity contribution in [2.45, 2.75) is 6.54 Å². The lowest BCUT2D eigenvalue weighted by Gasteiger charge is -2.25. The Bertz CT molecular complexity index is 663. The molecule has 0 radical (unpaired) electrons. The quantitative estimate of drug-likeness (QED) is 0.524. The van der Waals surface area contributed by atoms with Crippen molar-refractivity contribution in [3.05, 3.63) is 29.8 Å². The fourth-order valence-corrected chi connectivity index (χ4v) is 3.13. The largest absolute Gasteiger partial charge is 0.480 e. The Morgan fingerprint density at radius 2 is 1.33 bits per heavy atom. The van der Waals surface area contributed by atoms with Gasteiger partial charge >= 0.3 is 11.9 Å². The van der Waals surface area contributed by atoms with Gasteiger partial charge in [-0.05, 0) is 29.9 Å². The maximum atomic E-state index is 11.1. The number of hydrogen-bond donors (Lipinski definition) is 2. The lowest BCUT2D eigenvalue weighted by atomic mass is 10.2. The Labute approximate surface area is 163 Å². The summed E-state index contributed by atoms with van der Waals surface area (Å²) in [4.78, 5) is 32.0. The molecule has 0 unspecified atom stereocenters. The molecule has 2 rings (SSSR count). The summed E-state index contributed by atoms with van der Waals surface area (Å²) >= 11 is 4.60. The SMILES string of the molecule is O=C(O)CN1CCN(CC(=O)O)CCN(Cc2ccc(N=C=S)cc2)CC1. The van der Waals surface area contributed by atoms with E-state index in [4.69, 9.17) is 10.2 Å². The van der Waals surface area contributed by atoms with Gasteiger partial charge in [0.2, 0.25) is 0 Å². The molecule has 1 aromatic carbocycles. The Kier molecular flexibility index (Phi) is 8.50. The van der Waals surface area contributed by atoms with Gasteiger partial charge in [-0.15, -0.1) is 0 Å². The summed E-state index contributed by atoms with van der Waals surface area (Å²) in [6, 6.07) is 7.70. The van der Waals surface area contributed by atoms with E-state index in [0.717, 1.165) is 11.3 Å².